The van der Waals surface area contributed by atoms with Gasteiger partial charge in [0, 0.05) is 24.7 Å². The summed E-state index contributed by atoms with van der Waals surface area (Å²) in [5.74, 6) is -1.09. The summed E-state index contributed by atoms with van der Waals surface area (Å²) in [7, 11) is 0. The normalized spacial score (nSPS) is 16.3. The summed E-state index contributed by atoms with van der Waals surface area (Å²) in [5.41, 5.74) is 1.87. The number of hydrogen-bond donors (Lipinski definition) is 0. The van der Waals surface area contributed by atoms with Crippen LogP contribution in [-0.2, 0) is 25.5 Å². The van der Waals surface area contributed by atoms with E-state index >= 15 is 0 Å². The number of carbonyl (C=O) groups is 3. The number of fused-ring (bicyclic) bond motifs is 1. The van der Waals surface area contributed by atoms with Crippen LogP contribution in [0.1, 0.15) is 47.9 Å². The van der Waals surface area contributed by atoms with Crippen LogP contribution in [0.2, 0.25) is 0 Å². The molecule has 0 bridgehead atoms. The van der Waals surface area contributed by atoms with Gasteiger partial charge in [0.1, 0.15) is 0 Å². The van der Waals surface area contributed by atoms with E-state index in [2.05, 4.69) is 4.74 Å². The van der Waals surface area contributed by atoms with Crippen LogP contribution in [0.25, 0.3) is 0 Å². The van der Waals surface area contributed by atoms with Crippen molar-refractivity contribution in [2.24, 2.45) is 0 Å². The van der Waals surface area contributed by atoms with Gasteiger partial charge < -0.3 is 18.8 Å². The zero-order valence-electron chi connectivity index (χ0n) is 15.2. The highest BCUT2D eigenvalue weighted by atomic mass is 16.8. The average Bonchev–Trinajstić information content (AvgIpc) is 3.23. The van der Waals surface area contributed by atoms with Crippen molar-refractivity contribution < 1.29 is 28.6 Å². The monoisotopic (exact) mass is 371 g/mol. The smallest absolute Gasteiger partial charge is 0.435 e. The van der Waals surface area contributed by atoms with Crippen molar-refractivity contribution in [2.75, 3.05) is 6.61 Å². The fraction of sp³-hybridized carbons (Fsp3) is 0.350. The van der Waals surface area contributed by atoms with Gasteiger partial charge in [-0.15, -0.1) is 0 Å². The molecule has 0 saturated carbocycles. The first-order valence-corrected chi connectivity index (χ1v) is 8.84. The summed E-state index contributed by atoms with van der Waals surface area (Å²) in [6.07, 6.45) is -1.41. The topological polar surface area (TPSA) is 83.8 Å². The minimum absolute atomic E-state index is 0.0881. The van der Waals surface area contributed by atoms with Crippen molar-refractivity contribution in [3.05, 3.63) is 59.4 Å². The molecule has 1 aliphatic rings. The molecule has 7 heteroatoms. The molecule has 2 heterocycles. The van der Waals surface area contributed by atoms with Crippen LogP contribution in [0.15, 0.2) is 42.5 Å². The van der Waals surface area contributed by atoms with E-state index < -0.39 is 24.3 Å². The lowest BCUT2D eigenvalue weighted by atomic mass is 10.1. The number of ether oxygens (including phenoxy) is 3. The van der Waals surface area contributed by atoms with Crippen LogP contribution in [0.4, 0.5) is 4.79 Å². The van der Waals surface area contributed by atoms with Crippen molar-refractivity contribution in [2.45, 2.75) is 39.0 Å². The molecule has 1 aromatic carbocycles. The average molecular weight is 371 g/mol. The first kappa shape index (κ1) is 18.7. The maximum atomic E-state index is 12.7. The van der Waals surface area contributed by atoms with Gasteiger partial charge >= 0.3 is 12.1 Å². The molecule has 0 amide bonds. The SMILES string of the molecule is CCOC(=O)OC(C)OC(=O)C1CCn2c(C(=O)c3ccccc3)ccc21. The lowest BCUT2D eigenvalue weighted by Crippen LogP contribution is -2.25. The number of benzene rings is 1. The predicted molar refractivity (Wildman–Crippen MR) is 95.3 cm³/mol. The largest absolute Gasteiger partial charge is 0.511 e. The first-order chi connectivity index (χ1) is 13.0. The Bertz CT molecular complexity index is 841. The number of hydrogen-bond acceptors (Lipinski definition) is 6. The van der Waals surface area contributed by atoms with Crippen molar-refractivity contribution in [1.29, 1.82) is 0 Å². The maximum absolute atomic E-state index is 12.7. The van der Waals surface area contributed by atoms with Gasteiger partial charge in [0.05, 0.1) is 18.2 Å². The van der Waals surface area contributed by atoms with E-state index in [1.807, 2.05) is 22.8 Å². The molecule has 3 rings (SSSR count). The summed E-state index contributed by atoms with van der Waals surface area (Å²) in [5, 5.41) is 0. The van der Waals surface area contributed by atoms with Crippen LogP contribution < -0.4 is 0 Å². The Morgan fingerprint density at radius 2 is 1.85 bits per heavy atom. The highest BCUT2D eigenvalue weighted by molar-refractivity contribution is 6.08. The third-order valence-electron chi connectivity index (χ3n) is 4.37. The number of carbonyl (C=O) groups excluding carboxylic acids is 3. The van der Waals surface area contributed by atoms with Gasteiger partial charge in [-0.05, 0) is 25.5 Å². The van der Waals surface area contributed by atoms with Gasteiger partial charge in [-0.3, -0.25) is 9.59 Å². The zero-order valence-corrected chi connectivity index (χ0v) is 15.2. The fourth-order valence-electron chi connectivity index (χ4n) is 3.17. The molecule has 1 aliphatic heterocycles. The van der Waals surface area contributed by atoms with E-state index in [1.54, 1.807) is 31.2 Å². The fourth-order valence-corrected chi connectivity index (χ4v) is 3.17. The van der Waals surface area contributed by atoms with Gasteiger partial charge in [0.25, 0.3) is 0 Å². The minimum atomic E-state index is -1.05. The molecule has 142 valence electrons. The lowest BCUT2D eigenvalue weighted by molar-refractivity contribution is -0.169. The molecule has 0 saturated heterocycles. The van der Waals surface area contributed by atoms with Gasteiger partial charge in [-0.2, -0.15) is 0 Å². The molecule has 1 aromatic heterocycles. The molecule has 2 aromatic rings. The molecule has 2 atom stereocenters. The zero-order chi connectivity index (χ0) is 19.4. The van der Waals surface area contributed by atoms with Crippen molar-refractivity contribution in [3.8, 4) is 0 Å². The molecule has 27 heavy (non-hydrogen) atoms. The number of ketones is 1. The third-order valence-corrected chi connectivity index (χ3v) is 4.37. The van der Waals surface area contributed by atoms with Gasteiger partial charge in [0.15, 0.2) is 0 Å². The van der Waals surface area contributed by atoms with E-state index in [9.17, 15) is 14.4 Å². The Morgan fingerprint density at radius 3 is 2.56 bits per heavy atom. The highest BCUT2D eigenvalue weighted by Crippen LogP contribution is 2.32. The lowest BCUT2D eigenvalue weighted by Gasteiger charge is -2.16. The Balaban J connectivity index is 1.69. The number of nitrogens with zero attached hydrogens (tertiary/aromatic N) is 1. The second-order valence-corrected chi connectivity index (χ2v) is 6.14. The van der Waals surface area contributed by atoms with Crippen molar-refractivity contribution in [1.82, 2.24) is 4.57 Å². The standard InChI is InChI=1S/C20H21NO6/c1-3-25-20(24)27-13(2)26-19(23)15-11-12-21-16(15)9-10-17(21)18(22)14-7-5-4-6-8-14/h4-10,13,15H,3,11-12H2,1-2H3. The Hall–Kier alpha value is -3.09. The van der Waals surface area contributed by atoms with Gasteiger partial charge in [-0.1, -0.05) is 30.3 Å². The summed E-state index contributed by atoms with van der Waals surface area (Å²) in [4.78, 5) is 36.4. The Labute approximate surface area is 156 Å². The van der Waals surface area contributed by atoms with E-state index in [4.69, 9.17) is 9.47 Å². The molecule has 0 aliphatic carbocycles. The van der Waals surface area contributed by atoms with Crippen LogP contribution in [-0.4, -0.2) is 35.4 Å². The molecule has 0 spiro atoms. The molecule has 0 N–H and O–H groups in total. The third kappa shape index (κ3) is 4.02. The molecule has 0 fully saturated rings. The molecule has 2 unspecified atom stereocenters. The van der Waals surface area contributed by atoms with Gasteiger partial charge in [0.2, 0.25) is 12.1 Å². The highest BCUT2D eigenvalue weighted by Gasteiger charge is 2.34. The quantitative estimate of drug-likeness (QED) is 0.440. The van der Waals surface area contributed by atoms with E-state index in [-0.39, 0.29) is 12.4 Å². The van der Waals surface area contributed by atoms with Crippen LogP contribution in [0.3, 0.4) is 0 Å². The minimum Gasteiger partial charge on any atom is -0.435 e. The maximum Gasteiger partial charge on any atom is 0.511 e. The number of aromatic nitrogens is 1. The number of rotatable bonds is 6. The predicted octanol–water partition coefficient (Wildman–Crippen LogP) is 3.27. The van der Waals surface area contributed by atoms with Crippen LogP contribution in [0.5, 0.6) is 0 Å². The second-order valence-electron chi connectivity index (χ2n) is 6.14. The molecular weight excluding hydrogens is 350 g/mol. The Kier molecular flexibility index (Phi) is 5.59. The molecule has 7 nitrogen and oxygen atoms in total. The van der Waals surface area contributed by atoms with Gasteiger partial charge in [-0.25, -0.2) is 4.79 Å². The van der Waals surface area contributed by atoms with Crippen LogP contribution in [0, 0.1) is 0 Å². The molecule has 0 radical (unpaired) electrons. The van der Waals surface area contributed by atoms with Crippen molar-refractivity contribution in [3.63, 3.8) is 0 Å². The van der Waals surface area contributed by atoms with E-state index in [0.29, 0.717) is 24.2 Å². The summed E-state index contributed by atoms with van der Waals surface area (Å²) in [6, 6.07) is 12.5. The van der Waals surface area contributed by atoms with E-state index in [1.165, 1.54) is 6.92 Å². The summed E-state index contributed by atoms with van der Waals surface area (Å²) in [6.45, 7) is 3.82. The first-order valence-electron chi connectivity index (χ1n) is 8.84. The molecular formula is C20H21NO6. The summed E-state index contributed by atoms with van der Waals surface area (Å²) < 4.78 is 16.5. The number of esters is 1. The van der Waals surface area contributed by atoms with Crippen molar-refractivity contribution >= 4 is 17.9 Å². The van der Waals surface area contributed by atoms with E-state index in [0.717, 1.165) is 5.69 Å². The Morgan fingerprint density at radius 1 is 1.11 bits per heavy atom. The second kappa shape index (κ2) is 8.07. The van der Waals surface area contributed by atoms with Crippen LogP contribution >= 0.6 is 0 Å². The summed E-state index contributed by atoms with van der Waals surface area (Å²) >= 11 is 0.